The highest BCUT2D eigenvalue weighted by molar-refractivity contribution is 5.92. The molecule has 1 N–H and O–H groups in total. The molecular weight excluding hydrogens is 584 g/mol. The van der Waals surface area contributed by atoms with Gasteiger partial charge in [-0.25, -0.2) is 9.59 Å². The van der Waals surface area contributed by atoms with Crippen LogP contribution in [0.4, 0.5) is 0 Å². The Bertz CT molecular complexity index is 2100. The van der Waals surface area contributed by atoms with Gasteiger partial charge in [0.2, 0.25) is 0 Å². The molecule has 6 aromatic rings. The lowest BCUT2D eigenvalue weighted by atomic mass is 9.98. The average Bonchev–Trinajstić information content (AvgIpc) is 4.03. The summed E-state index contributed by atoms with van der Waals surface area (Å²) in [6.07, 6.45) is 9.59. The molecule has 2 heterocycles. The van der Waals surface area contributed by atoms with Gasteiger partial charge in [-0.15, -0.1) is 0 Å². The van der Waals surface area contributed by atoms with Crippen molar-refractivity contribution in [1.29, 1.82) is 0 Å². The van der Waals surface area contributed by atoms with Crippen molar-refractivity contribution in [2.45, 2.75) is 50.4 Å². The number of pyridine rings is 2. The zero-order valence-electron chi connectivity index (χ0n) is 26.4. The number of carbonyl (C=O) groups excluding carboxylic acids is 1. The number of ether oxygens (including phenoxy) is 1. The summed E-state index contributed by atoms with van der Waals surface area (Å²) in [5.74, 6) is -0.129. The summed E-state index contributed by atoms with van der Waals surface area (Å²) >= 11 is 0. The number of fused-ring (bicyclic) bond motifs is 2. The molecule has 0 radical (unpaired) electrons. The lowest BCUT2D eigenvalue weighted by Crippen LogP contribution is -2.09. The largest absolute Gasteiger partial charge is 0.478 e. The standard InChI is InChI=1S/C21H19NO2.C20H17NO2/c1-24-21(23)19-11-17(14-9-10-14)13-22-20(19)12-16-7-4-6-15-5-2-3-8-18(15)16;22-20(23)18-10-16(13-8-9-13)12-21-19(18)11-15-6-3-5-14-4-1-2-7-17(14)15/h2-8,11,13-14H,9-10,12H2,1H3;1-7,10,12-13H,8-9,11H2,(H,22,23). The molecule has 8 rings (SSSR count). The van der Waals surface area contributed by atoms with Crippen molar-refractivity contribution in [3.63, 3.8) is 0 Å². The summed E-state index contributed by atoms with van der Waals surface area (Å²) in [7, 11) is 1.42. The van der Waals surface area contributed by atoms with Crippen molar-refractivity contribution in [3.05, 3.63) is 154 Å². The number of esters is 1. The minimum absolute atomic E-state index is 0.305. The zero-order valence-corrected chi connectivity index (χ0v) is 26.4. The van der Waals surface area contributed by atoms with E-state index < -0.39 is 5.97 Å². The third-order valence-corrected chi connectivity index (χ3v) is 9.19. The molecule has 0 bridgehead atoms. The van der Waals surface area contributed by atoms with Crippen LogP contribution >= 0.6 is 0 Å². The highest BCUT2D eigenvalue weighted by Gasteiger charge is 2.27. The van der Waals surface area contributed by atoms with Gasteiger partial charge < -0.3 is 9.84 Å². The Morgan fingerprint density at radius 1 is 0.660 bits per heavy atom. The van der Waals surface area contributed by atoms with Crippen LogP contribution in [0.25, 0.3) is 21.5 Å². The maximum absolute atomic E-state index is 12.2. The molecule has 0 spiro atoms. The van der Waals surface area contributed by atoms with E-state index in [9.17, 15) is 14.7 Å². The molecule has 2 aromatic heterocycles. The van der Waals surface area contributed by atoms with Gasteiger partial charge in [-0.1, -0.05) is 84.9 Å². The van der Waals surface area contributed by atoms with E-state index in [4.69, 9.17) is 4.74 Å². The first-order chi connectivity index (χ1) is 23.0. The summed E-state index contributed by atoms with van der Waals surface area (Å²) in [6.45, 7) is 0. The zero-order chi connectivity index (χ0) is 32.3. The van der Waals surface area contributed by atoms with Crippen molar-refractivity contribution >= 4 is 33.5 Å². The number of aromatic carboxylic acids is 1. The van der Waals surface area contributed by atoms with Gasteiger partial charge in [-0.05, 0) is 93.5 Å². The van der Waals surface area contributed by atoms with Crippen molar-refractivity contribution in [2.75, 3.05) is 7.11 Å². The number of benzene rings is 4. The van der Waals surface area contributed by atoms with E-state index in [0.29, 0.717) is 41.5 Å². The fourth-order valence-corrected chi connectivity index (χ4v) is 6.31. The van der Waals surface area contributed by atoms with Crippen molar-refractivity contribution in [3.8, 4) is 0 Å². The Morgan fingerprint density at radius 2 is 1.11 bits per heavy atom. The quantitative estimate of drug-likeness (QED) is 0.171. The number of hydrogen-bond donors (Lipinski definition) is 1. The molecule has 2 aliphatic carbocycles. The first kappa shape index (κ1) is 30.3. The lowest BCUT2D eigenvalue weighted by Gasteiger charge is -2.11. The van der Waals surface area contributed by atoms with Crippen molar-refractivity contribution in [1.82, 2.24) is 9.97 Å². The molecule has 0 amide bonds. The third-order valence-electron chi connectivity index (χ3n) is 9.19. The predicted octanol–water partition coefficient (Wildman–Crippen LogP) is 8.89. The molecule has 6 heteroatoms. The maximum atomic E-state index is 12.2. The van der Waals surface area contributed by atoms with Crippen LogP contribution in [0.15, 0.2) is 109 Å². The topological polar surface area (TPSA) is 89.4 Å². The first-order valence-corrected chi connectivity index (χ1v) is 16.2. The number of aromatic nitrogens is 2. The fourth-order valence-electron chi connectivity index (χ4n) is 6.31. The second-order valence-electron chi connectivity index (χ2n) is 12.5. The number of nitrogens with zero attached hydrogens (tertiary/aromatic N) is 2. The lowest BCUT2D eigenvalue weighted by molar-refractivity contribution is 0.0598. The fraction of sp³-hybridized carbons (Fsp3) is 0.220. The van der Waals surface area contributed by atoms with Gasteiger partial charge in [0.15, 0.2) is 0 Å². The maximum Gasteiger partial charge on any atom is 0.339 e. The Hall–Kier alpha value is -5.36. The molecule has 47 heavy (non-hydrogen) atoms. The normalized spacial score (nSPS) is 14.0. The predicted molar refractivity (Wildman–Crippen MR) is 184 cm³/mol. The van der Waals surface area contributed by atoms with Gasteiger partial charge >= 0.3 is 11.9 Å². The Labute approximate surface area is 274 Å². The summed E-state index contributed by atoms with van der Waals surface area (Å²) in [5.41, 5.74) is 6.83. The number of rotatable bonds is 8. The van der Waals surface area contributed by atoms with Crippen molar-refractivity contribution < 1.29 is 19.4 Å². The molecule has 4 aromatic carbocycles. The summed E-state index contributed by atoms with van der Waals surface area (Å²) in [6, 6.07) is 32.6. The Kier molecular flexibility index (Phi) is 8.49. The van der Waals surface area contributed by atoms with Crippen LogP contribution in [0.3, 0.4) is 0 Å². The van der Waals surface area contributed by atoms with E-state index in [1.165, 1.54) is 36.3 Å². The van der Waals surface area contributed by atoms with Crippen LogP contribution in [0.1, 0.15) is 91.9 Å². The van der Waals surface area contributed by atoms with Gasteiger partial charge in [-0.3, -0.25) is 9.97 Å². The molecule has 6 nitrogen and oxygen atoms in total. The summed E-state index contributed by atoms with van der Waals surface area (Å²) in [5, 5.41) is 14.3. The molecule has 234 valence electrons. The molecular formula is C41H36N2O4. The van der Waals surface area contributed by atoms with Crippen LogP contribution in [-0.4, -0.2) is 34.1 Å². The number of methoxy groups -OCH3 is 1. The molecule has 0 unspecified atom stereocenters. The number of carbonyl (C=O) groups is 2. The van der Waals surface area contributed by atoms with E-state index in [2.05, 4.69) is 52.4 Å². The Balaban J connectivity index is 0.000000150. The monoisotopic (exact) mass is 620 g/mol. The van der Waals surface area contributed by atoms with Crippen LogP contribution in [-0.2, 0) is 17.6 Å². The molecule has 2 fully saturated rings. The molecule has 0 aliphatic heterocycles. The van der Waals surface area contributed by atoms with E-state index >= 15 is 0 Å². The number of carboxylic acid groups (broad SMARTS) is 1. The molecule has 0 saturated heterocycles. The third kappa shape index (κ3) is 6.77. The first-order valence-electron chi connectivity index (χ1n) is 16.2. The second kappa shape index (κ2) is 13.2. The van der Waals surface area contributed by atoms with Crippen LogP contribution in [0.5, 0.6) is 0 Å². The molecule has 0 atom stereocenters. The summed E-state index contributed by atoms with van der Waals surface area (Å²) in [4.78, 5) is 32.9. The van der Waals surface area contributed by atoms with E-state index in [-0.39, 0.29) is 5.97 Å². The molecule has 2 saturated carbocycles. The van der Waals surface area contributed by atoms with Gasteiger partial charge in [-0.2, -0.15) is 0 Å². The highest BCUT2D eigenvalue weighted by atomic mass is 16.5. The van der Waals surface area contributed by atoms with Crippen LogP contribution < -0.4 is 0 Å². The van der Waals surface area contributed by atoms with Gasteiger partial charge in [0, 0.05) is 25.2 Å². The van der Waals surface area contributed by atoms with E-state index in [0.717, 1.165) is 46.0 Å². The van der Waals surface area contributed by atoms with Gasteiger partial charge in [0.1, 0.15) is 0 Å². The SMILES string of the molecule is COC(=O)c1cc(C2CC2)cnc1Cc1cccc2ccccc12.O=C(O)c1cc(C2CC2)cnc1Cc1cccc2ccccc12. The Morgan fingerprint density at radius 3 is 1.57 bits per heavy atom. The smallest absolute Gasteiger partial charge is 0.339 e. The molecule has 2 aliphatic rings. The van der Waals surface area contributed by atoms with E-state index in [1.54, 1.807) is 0 Å². The van der Waals surface area contributed by atoms with Crippen LogP contribution in [0, 0.1) is 0 Å². The number of hydrogen-bond acceptors (Lipinski definition) is 5. The van der Waals surface area contributed by atoms with Crippen LogP contribution in [0.2, 0.25) is 0 Å². The van der Waals surface area contributed by atoms with E-state index in [1.807, 2.05) is 67.0 Å². The minimum Gasteiger partial charge on any atom is -0.478 e. The summed E-state index contributed by atoms with van der Waals surface area (Å²) < 4.78 is 4.98. The second-order valence-corrected chi connectivity index (χ2v) is 12.5. The average molecular weight is 621 g/mol. The van der Waals surface area contributed by atoms with Gasteiger partial charge in [0.25, 0.3) is 0 Å². The minimum atomic E-state index is -0.893. The number of carboxylic acids is 1. The van der Waals surface area contributed by atoms with Gasteiger partial charge in [0.05, 0.1) is 29.6 Å². The van der Waals surface area contributed by atoms with Crippen molar-refractivity contribution in [2.24, 2.45) is 0 Å². The highest BCUT2D eigenvalue weighted by Crippen LogP contribution is 2.41.